The van der Waals surface area contributed by atoms with Crippen LogP contribution >= 0.6 is 0 Å². The molecule has 0 amide bonds. The van der Waals surface area contributed by atoms with Crippen LogP contribution in [0, 0.1) is 0 Å². The van der Waals surface area contributed by atoms with Crippen LogP contribution in [0.2, 0.25) is 0 Å². The second-order valence-electron chi connectivity index (χ2n) is 4.29. The van der Waals surface area contributed by atoms with Crippen LogP contribution < -0.4 is 61.6 Å². The van der Waals surface area contributed by atoms with Gasteiger partial charge < -0.3 is 17.7 Å². The van der Waals surface area contributed by atoms with Crippen LogP contribution in [0.3, 0.4) is 0 Å². The van der Waals surface area contributed by atoms with Crippen molar-refractivity contribution < 1.29 is 69.1 Å². The van der Waals surface area contributed by atoms with Gasteiger partial charge in [0.15, 0.2) is 0 Å². The van der Waals surface area contributed by atoms with Gasteiger partial charge in [-0.1, -0.05) is 38.1 Å². The second kappa shape index (κ2) is 10.2. The minimum atomic E-state index is -5.00. The summed E-state index contributed by atoms with van der Waals surface area (Å²) in [5.41, 5.74) is -0.710. The molecule has 19 heavy (non-hydrogen) atoms. The van der Waals surface area contributed by atoms with Gasteiger partial charge in [0, 0.05) is 6.20 Å². The minimum absolute atomic E-state index is 0. The minimum Gasteiger partial charge on any atom is -0.492 e. The first-order chi connectivity index (χ1) is 8.54. The molecule has 1 aromatic heterocycles. The topological polar surface area (TPSA) is 22.1 Å². The van der Waals surface area contributed by atoms with Crippen LogP contribution in [0.4, 0.5) is 12.9 Å². The fourth-order valence-electron chi connectivity index (χ4n) is 1.59. The number of hydrogen-bond acceptors (Lipinski definition) is 2. The molecule has 0 atom stereocenters. The molecule has 0 saturated carbocycles. The summed E-state index contributed by atoms with van der Waals surface area (Å²) >= 11 is 0. The molecule has 0 aromatic carbocycles. The summed E-state index contributed by atoms with van der Waals surface area (Å²) in [5, 5.41) is 0. The third-order valence-electron chi connectivity index (χ3n) is 2.63. The fourth-order valence-corrected chi connectivity index (χ4v) is 1.59. The summed E-state index contributed by atoms with van der Waals surface area (Å²) in [6.07, 6.45) is 7.55. The molecule has 0 spiro atoms. The van der Waals surface area contributed by atoms with E-state index in [1.54, 1.807) is 0 Å². The first-order valence-corrected chi connectivity index (χ1v) is 6.31. The second-order valence-corrected chi connectivity index (χ2v) is 4.29. The monoisotopic (exact) mass is 299 g/mol. The average molecular weight is 299 g/mol. The third kappa shape index (κ3) is 8.34. The Hall–Kier alpha value is 0.441. The Balaban J connectivity index is 0.00000324. The maximum atomic E-state index is 12.5. The van der Waals surface area contributed by atoms with E-state index in [0.29, 0.717) is 6.61 Å². The Labute approximate surface area is 155 Å². The molecule has 0 bridgehead atoms. The number of halogens is 3. The molecular formula is C12H18BF3KNO. The molecule has 0 aliphatic rings. The van der Waals surface area contributed by atoms with E-state index >= 15 is 0 Å². The molecule has 0 aliphatic heterocycles. The van der Waals surface area contributed by atoms with Gasteiger partial charge in [-0.25, -0.2) is 0 Å². The Bertz CT molecular complexity index is 363. The largest absolute Gasteiger partial charge is 1.00 e. The molecule has 0 unspecified atom stereocenters. The molecule has 1 aromatic rings. The molecule has 0 N–H and O–H groups in total. The molecule has 102 valence electrons. The Morgan fingerprint density at radius 2 is 1.79 bits per heavy atom. The van der Waals surface area contributed by atoms with Crippen LogP contribution in [0.1, 0.15) is 39.0 Å². The van der Waals surface area contributed by atoms with E-state index in [1.165, 1.54) is 19.0 Å². The first kappa shape index (κ1) is 19.4. The predicted octanol–water partition coefficient (Wildman–Crippen LogP) is 0.489. The maximum Gasteiger partial charge on any atom is 1.00 e. The molecular weight excluding hydrogens is 281 g/mol. The van der Waals surface area contributed by atoms with Crippen molar-refractivity contribution in [2.45, 2.75) is 39.0 Å². The molecule has 0 aliphatic carbocycles. The van der Waals surface area contributed by atoms with Crippen molar-refractivity contribution in [3.63, 3.8) is 0 Å². The van der Waals surface area contributed by atoms with Crippen LogP contribution in [-0.2, 0) is 0 Å². The summed E-state index contributed by atoms with van der Waals surface area (Å²) in [6, 6.07) is 1.01. The molecule has 7 heteroatoms. The van der Waals surface area contributed by atoms with Gasteiger partial charge >= 0.3 is 58.4 Å². The summed E-state index contributed by atoms with van der Waals surface area (Å²) in [6.45, 7) is -2.42. The number of hydrogen-bond donors (Lipinski definition) is 0. The standard InChI is InChI=1S/C12H18BF3NO.K/c1-2-3-4-5-6-7-18-12-8-11(9-17-10-12)13(14,15)16;/h8-10H,2-7H2,1H3;/q-1;+1. The van der Waals surface area contributed by atoms with Crippen molar-refractivity contribution in [2.75, 3.05) is 6.61 Å². The van der Waals surface area contributed by atoms with Gasteiger partial charge in [0.05, 0.1) is 12.8 Å². The summed E-state index contributed by atoms with van der Waals surface area (Å²) in [4.78, 5) is 3.55. The molecule has 1 heterocycles. The summed E-state index contributed by atoms with van der Waals surface area (Å²) in [7, 11) is 0. The smallest absolute Gasteiger partial charge is 0.492 e. The zero-order valence-corrected chi connectivity index (χ0v) is 14.7. The molecule has 1 rings (SSSR count). The van der Waals surface area contributed by atoms with E-state index in [-0.39, 0.29) is 57.1 Å². The number of aromatic nitrogens is 1. The Morgan fingerprint density at radius 1 is 1.11 bits per heavy atom. The van der Waals surface area contributed by atoms with Crippen molar-refractivity contribution in [1.29, 1.82) is 0 Å². The van der Waals surface area contributed by atoms with Crippen molar-refractivity contribution in [3.8, 4) is 5.75 Å². The summed E-state index contributed by atoms with van der Waals surface area (Å²) < 4.78 is 42.7. The van der Waals surface area contributed by atoms with Gasteiger partial charge in [-0.15, -0.1) is 0 Å². The predicted molar refractivity (Wildman–Crippen MR) is 67.2 cm³/mol. The number of unbranched alkanes of at least 4 members (excludes halogenated alkanes) is 4. The SMILES string of the molecule is CCCCCCCOc1cncc([B-](F)(F)F)c1.[K+]. The van der Waals surface area contributed by atoms with Gasteiger partial charge in [-0.3, -0.25) is 4.98 Å². The van der Waals surface area contributed by atoms with Crippen LogP contribution in [-0.4, -0.2) is 18.6 Å². The first-order valence-electron chi connectivity index (χ1n) is 6.31. The van der Waals surface area contributed by atoms with Crippen LogP contribution in [0.15, 0.2) is 18.5 Å². The van der Waals surface area contributed by atoms with E-state index in [2.05, 4.69) is 11.9 Å². The van der Waals surface area contributed by atoms with Gasteiger partial charge in [0.2, 0.25) is 0 Å². The van der Waals surface area contributed by atoms with Gasteiger partial charge in [0.1, 0.15) is 5.75 Å². The van der Waals surface area contributed by atoms with Gasteiger partial charge in [0.25, 0.3) is 0 Å². The maximum absolute atomic E-state index is 12.5. The van der Waals surface area contributed by atoms with E-state index in [4.69, 9.17) is 4.74 Å². The number of ether oxygens (including phenoxy) is 1. The zero-order chi connectivity index (χ0) is 13.4. The Morgan fingerprint density at radius 3 is 2.42 bits per heavy atom. The van der Waals surface area contributed by atoms with Crippen molar-refractivity contribution >= 4 is 12.4 Å². The van der Waals surface area contributed by atoms with E-state index < -0.39 is 12.4 Å². The van der Waals surface area contributed by atoms with Crippen molar-refractivity contribution in [3.05, 3.63) is 18.5 Å². The summed E-state index contributed by atoms with van der Waals surface area (Å²) in [5.74, 6) is 0.196. The van der Waals surface area contributed by atoms with Crippen molar-refractivity contribution in [1.82, 2.24) is 4.98 Å². The third-order valence-corrected chi connectivity index (χ3v) is 2.63. The number of pyridine rings is 1. The van der Waals surface area contributed by atoms with E-state index in [1.807, 2.05) is 0 Å². The molecule has 0 radical (unpaired) electrons. The molecule has 0 saturated heterocycles. The van der Waals surface area contributed by atoms with Crippen LogP contribution in [0.5, 0.6) is 5.75 Å². The van der Waals surface area contributed by atoms with Gasteiger partial charge in [-0.05, 0) is 12.5 Å². The molecule has 0 fully saturated rings. The van der Waals surface area contributed by atoms with Crippen molar-refractivity contribution in [2.24, 2.45) is 0 Å². The number of rotatable bonds is 8. The fraction of sp³-hybridized carbons (Fsp3) is 0.583. The average Bonchev–Trinajstić information content (AvgIpc) is 2.33. The quantitative estimate of drug-likeness (QED) is 0.515. The van der Waals surface area contributed by atoms with Crippen LogP contribution in [0.25, 0.3) is 0 Å². The normalized spacial score (nSPS) is 10.9. The van der Waals surface area contributed by atoms with E-state index in [0.717, 1.165) is 31.5 Å². The van der Waals surface area contributed by atoms with E-state index in [9.17, 15) is 12.9 Å². The Kier molecular flexibility index (Phi) is 10.4. The molecule has 2 nitrogen and oxygen atoms in total. The number of nitrogens with zero attached hydrogens (tertiary/aromatic N) is 1. The van der Waals surface area contributed by atoms with Gasteiger partial charge in [-0.2, -0.15) is 0 Å². The zero-order valence-electron chi connectivity index (χ0n) is 11.5.